The van der Waals surface area contributed by atoms with E-state index >= 15 is 0 Å². The van der Waals surface area contributed by atoms with Crippen LogP contribution in [-0.4, -0.2) is 37.1 Å². The summed E-state index contributed by atoms with van der Waals surface area (Å²) in [7, 11) is 4.05. The molecule has 1 aromatic heterocycles. The molecule has 0 atom stereocenters. The summed E-state index contributed by atoms with van der Waals surface area (Å²) >= 11 is 5.72. The Balaban J connectivity index is 2.37. The highest BCUT2D eigenvalue weighted by atomic mass is 35.5. The predicted molar refractivity (Wildman–Crippen MR) is 62.3 cm³/mol. The van der Waals surface area contributed by atoms with Crippen LogP contribution in [0.25, 0.3) is 0 Å². The maximum absolute atomic E-state index is 5.72. The van der Waals surface area contributed by atoms with E-state index in [2.05, 4.69) is 9.88 Å². The number of nitrogens with zero attached hydrogens (tertiary/aromatic N) is 2. The zero-order chi connectivity index (χ0) is 11.3. The van der Waals surface area contributed by atoms with Gasteiger partial charge in [-0.2, -0.15) is 0 Å². The number of rotatable bonds is 5. The van der Waals surface area contributed by atoms with E-state index in [9.17, 15) is 0 Å². The molecule has 1 heterocycles. The van der Waals surface area contributed by atoms with Gasteiger partial charge in [0, 0.05) is 12.7 Å². The van der Waals surface area contributed by atoms with Crippen LogP contribution in [0.4, 0.5) is 5.69 Å². The lowest BCUT2D eigenvalue weighted by molar-refractivity contribution is 0.274. The van der Waals surface area contributed by atoms with Gasteiger partial charge in [-0.3, -0.25) is 0 Å². The molecule has 0 radical (unpaired) electrons. The Kier molecular flexibility index (Phi) is 4.65. The first-order valence-corrected chi connectivity index (χ1v) is 5.16. The van der Waals surface area contributed by atoms with Gasteiger partial charge in [0.15, 0.2) is 0 Å². The normalized spacial score (nSPS) is 10.7. The standard InChI is InChI=1S/C10H16ClN3O/c1-14(2)4-3-5-15-10-9(12)6-8(11)7-13-10/h6-7H,3-5,12H2,1-2H3. The Morgan fingerprint density at radius 2 is 2.27 bits per heavy atom. The first-order valence-electron chi connectivity index (χ1n) is 4.78. The molecule has 2 N–H and O–H groups in total. The maximum atomic E-state index is 5.72. The molecule has 0 amide bonds. The summed E-state index contributed by atoms with van der Waals surface area (Å²) in [5, 5.41) is 0.521. The summed E-state index contributed by atoms with van der Waals surface area (Å²) in [5.74, 6) is 0.457. The summed E-state index contributed by atoms with van der Waals surface area (Å²) in [6, 6.07) is 1.63. The van der Waals surface area contributed by atoms with Crippen molar-refractivity contribution in [2.75, 3.05) is 33.0 Å². The Hall–Kier alpha value is -1.00. The Morgan fingerprint density at radius 3 is 2.87 bits per heavy atom. The third kappa shape index (κ3) is 4.36. The molecule has 0 fully saturated rings. The predicted octanol–water partition coefficient (Wildman–Crippen LogP) is 1.65. The molecule has 0 unspecified atom stereocenters. The van der Waals surface area contributed by atoms with Crippen LogP contribution in [0.15, 0.2) is 12.3 Å². The topological polar surface area (TPSA) is 51.4 Å². The molecule has 1 rings (SSSR count). The van der Waals surface area contributed by atoms with Crippen molar-refractivity contribution in [1.29, 1.82) is 0 Å². The lowest BCUT2D eigenvalue weighted by Gasteiger charge is -2.10. The fourth-order valence-corrected chi connectivity index (χ4v) is 1.28. The zero-order valence-electron chi connectivity index (χ0n) is 9.03. The molecule has 0 spiro atoms. The minimum atomic E-state index is 0.457. The van der Waals surface area contributed by atoms with Crippen LogP contribution in [0.5, 0.6) is 5.88 Å². The van der Waals surface area contributed by atoms with Gasteiger partial charge in [0.2, 0.25) is 5.88 Å². The number of nitrogens with two attached hydrogens (primary N) is 1. The Morgan fingerprint density at radius 1 is 1.53 bits per heavy atom. The number of hydrogen-bond donors (Lipinski definition) is 1. The average Bonchev–Trinajstić information content (AvgIpc) is 2.14. The van der Waals surface area contributed by atoms with Crippen LogP contribution in [0.3, 0.4) is 0 Å². The van der Waals surface area contributed by atoms with E-state index in [0.29, 0.717) is 23.2 Å². The number of anilines is 1. The largest absolute Gasteiger partial charge is 0.476 e. The third-order valence-electron chi connectivity index (χ3n) is 1.83. The van der Waals surface area contributed by atoms with E-state index in [4.69, 9.17) is 22.1 Å². The first-order chi connectivity index (χ1) is 7.09. The van der Waals surface area contributed by atoms with Gasteiger partial charge >= 0.3 is 0 Å². The van der Waals surface area contributed by atoms with Crippen LogP contribution in [0, 0.1) is 0 Å². The second kappa shape index (κ2) is 5.78. The minimum absolute atomic E-state index is 0.457. The molecule has 0 aliphatic rings. The van der Waals surface area contributed by atoms with Crippen molar-refractivity contribution < 1.29 is 4.74 Å². The van der Waals surface area contributed by atoms with Crippen molar-refractivity contribution in [3.05, 3.63) is 17.3 Å². The minimum Gasteiger partial charge on any atom is -0.476 e. The van der Waals surface area contributed by atoms with Gasteiger partial charge < -0.3 is 15.4 Å². The molecule has 0 bridgehead atoms. The summed E-state index contributed by atoms with van der Waals surface area (Å²) in [6.07, 6.45) is 2.47. The molecule has 1 aromatic rings. The number of aromatic nitrogens is 1. The third-order valence-corrected chi connectivity index (χ3v) is 2.04. The molecule has 0 aliphatic heterocycles. The molecular weight excluding hydrogens is 214 g/mol. The van der Waals surface area contributed by atoms with Gasteiger partial charge in [-0.05, 0) is 26.6 Å². The van der Waals surface area contributed by atoms with Gasteiger partial charge in [0.25, 0.3) is 0 Å². The summed E-state index contributed by atoms with van der Waals surface area (Å²) in [4.78, 5) is 6.10. The van der Waals surface area contributed by atoms with Crippen molar-refractivity contribution in [3.63, 3.8) is 0 Å². The van der Waals surface area contributed by atoms with E-state index in [1.54, 1.807) is 6.07 Å². The number of ether oxygens (including phenoxy) is 1. The van der Waals surface area contributed by atoms with Crippen molar-refractivity contribution in [3.8, 4) is 5.88 Å². The quantitative estimate of drug-likeness (QED) is 0.781. The Bertz CT molecular complexity index is 318. The van der Waals surface area contributed by atoms with Crippen molar-refractivity contribution in [2.45, 2.75) is 6.42 Å². The van der Waals surface area contributed by atoms with Gasteiger partial charge in [-0.25, -0.2) is 4.98 Å². The van der Waals surface area contributed by atoms with Crippen LogP contribution in [-0.2, 0) is 0 Å². The van der Waals surface area contributed by atoms with Crippen molar-refractivity contribution in [2.24, 2.45) is 0 Å². The fraction of sp³-hybridized carbons (Fsp3) is 0.500. The lowest BCUT2D eigenvalue weighted by atomic mass is 10.4. The van der Waals surface area contributed by atoms with Crippen LogP contribution < -0.4 is 10.5 Å². The van der Waals surface area contributed by atoms with E-state index in [1.807, 2.05) is 14.1 Å². The molecule has 0 saturated heterocycles. The number of hydrogen-bond acceptors (Lipinski definition) is 4. The van der Waals surface area contributed by atoms with Crippen LogP contribution in [0.2, 0.25) is 5.02 Å². The van der Waals surface area contributed by atoms with Crippen molar-refractivity contribution >= 4 is 17.3 Å². The molecule has 0 aromatic carbocycles. The van der Waals surface area contributed by atoms with Crippen molar-refractivity contribution in [1.82, 2.24) is 9.88 Å². The summed E-state index contributed by atoms with van der Waals surface area (Å²) in [6.45, 7) is 1.59. The molecular formula is C10H16ClN3O. The van der Waals surface area contributed by atoms with E-state index in [-0.39, 0.29) is 0 Å². The smallest absolute Gasteiger partial charge is 0.237 e. The van der Waals surface area contributed by atoms with Crippen LogP contribution in [0.1, 0.15) is 6.42 Å². The number of halogens is 1. The second-order valence-corrected chi connectivity index (χ2v) is 3.99. The molecule has 15 heavy (non-hydrogen) atoms. The molecule has 4 nitrogen and oxygen atoms in total. The van der Waals surface area contributed by atoms with E-state index < -0.39 is 0 Å². The van der Waals surface area contributed by atoms with E-state index in [0.717, 1.165) is 13.0 Å². The number of nitrogen functional groups attached to an aromatic ring is 1. The van der Waals surface area contributed by atoms with Gasteiger partial charge in [0.1, 0.15) is 0 Å². The SMILES string of the molecule is CN(C)CCCOc1ncc(Cl)cc1N. The maximum Gasteiger partial charge on any atom is 0.237 e. The Labute approximate surface area is 95.0 Å². The van der Waals surface area contributed by atoms with Crippen LogP contribution >= 0.6 is 11.6 Å². The van der Waals surface area contributed by atoms with Gasteiger partial charge in [0.05, 0.1) is 17.3 Å². The van der Waals surface area contributed by atoms with Gasteiger partial charge in [-0.15, -0.1) is 0 Å². The number of pyridine rings is 1. The molecule has 0 saturated carbocycles. The molecule has 0 aliphatic carbocycles. The zero-order valence-corrected chi connectivity index (χ0v) is 9.79. The lowest BCUT2D eigenvalue weighted by Crippen LogP contribution is -2.16. The first kappa shape index (κ1) is 12.1. The fourth-order valence-electron chi connectivity index (χ4n) is 1.11. The van der Waals surface area contributed by atoms with Gasteiger partial charge in [-0.1, -0.05) is 11.6 Å². The molecule has 5 heteroatoms. The average molecular weight is 230 g/mol. The molecule has 84 valence electrons. The highest BCUT2D eigenvalue weighted by Gasteiger charge is 2.02. The monoisotopic (exact) mass is 229 g/mol. The van der Waals surface area contributed by atoms with E-state index in [1.165, 1.54) is 6.20 Å². The second-order valence-electron chi connectivity index (χ2n) is 3.55. The highest BCUT2D eigenvalue weighted by molar-refractivity contribution is 6.30. The highest BCUT2D eigenvalue weighted by Crippen LogP contribution is 2.21. The summed E-state index contributed by atoms with van der Waals surface area (Å²) < 4.78 is 5.42. The summed E-state index contributed by atoms with van der Waals surface area (Å²) in [5.41, 5.74) is 6.16.